The van der Waals surface area contributed by atoms with Crippen LogP contribution in [0.2, 0.25) is 0 Å². The molecule has 4 atom stereocenters. The van der Waals surface area contributed by atoms with Gasteiger partial charge in [-0.05, 0) is 69.9 Å². The zero-order valence-corrected chi connectivity index (χ0v) is 22.6. The van der Waals surface area contributed by atoms with E-state index in [4.69, 9.17) is 14.7 Å². The van der Waals surface area contributed by atoms with Gasteiger partial charge in [0.1, 0.15) is 0 Å². The highest BCUT2D eigenvalue weighted by Crippen LogP contribution is 2.40. The summed E-state index contributed by atoms with van der Waals surface area (Å²) in [6.07, 6.45) is 9.58. The van der Waals surface area contributed by atoms with E-state index in [1.54, 1.807) is 13.3 Å². The van der Waals surface area contributed by atoms with E-state index < -0.39 is 0 Å². The molecule has 2 aliphatic heterocycles. The average Bonchev–Trinajstić information content (AvgIpc) is 2.95. The Morgan fingerprint density at radius 1 is 1.11 bits per heavy atom. The molecule has 0 spiro atoms. The minimum absolute atomic E-state index is 0.0356. The normalized spacial score (nSPS) is 28.1. The van der Waals surface area contributed by atoms with Crippen LogP contribution in [0.4, 0.5) is 17.1 Å². The fourth-order valence-corrected chi connectivity index (χ4v) is 5.71. The number of hydrogen-bond acceptors (Lipinski definition) is 7. The number of anilines is 2. The number of dihydropyridines is 1. The third-order valence-corrected chi connectivity index (χ3v) is 7.86. The third-order valence-electron chi connectivity index (χ3n) is 7.86. The highest BCUT2D eigenvalue weighted by atomic mass is 16.5. The Labute approximate surface area is 226 Å². The number of allylic oxidation sites excluding steroid dienone is 1. The molecule has 0 amide bonds. The molecule has 7 heteroatoms. The standard InChI is InChI=1S/C31H39N5O2/c1-21(33-23-15-17-25(37)18-16-23)28(35-27-13-9-19-32-31(27)38-3)20-29-22(2)36(24-10-5-4-6-11-24)30-14-8-7-12-26(30)34-29/h4-14,19,22-23,25,27-28,31,35,37H,15-18,20H2,1-3H3. The lowest BCUT2D eigenvalue weighted by molar-refractivity contribution is 0.0874. The summed E-state index contributed by atoms with van der Waals surface area (Å²) >= 11 is 0. The highest BCUT2D eigenvalue weighted by Gasteiger charge is 2.32. The first-order chi connectivity index (χ1) is 18.5. The number of aliphatic hydroxyl groups excluding tert-OH is 1. The van der Waals surface area contributed by atoms with Gasteiger partial charge in [-0.25, -0.2) is 0 Å². The largest absolute Gasteiger partial charge is 0.393 e. The van der Waals surface area contributed by atoms with Crippen LogP contribution in [0.25, 0.3) is 0 Å². The monoisotopic (exact) mass is 513 g/mol. The number of nitrogens with one attached hydrogen (secondary N) is 1. The van der Waals surface area contributed by atoms with Crippen molar-refractivity contribution in [1.29, 1.82) is 0 Å². The number of aliphatic imine (C=N–C) groups is 3. The molecule has 4 unspecified atom stereocenters. The maximum Gasteiger partial charge on any atom is 0.166 e. The molecule has 200 valence electrons. The lowest BCUT2D eigenvalue weighted by Gasteiger charge is -2.38. The molecular weight excluding hydrogens is 474 g/mol. The summed E-state index contributed by atoms with van der Waals surface area (Å²) in [4.78, 5) is 17.2. The van der Waals surface area contributed by atoms with Gasteiger partial charge < -0.3 is 14.7 Å². The molecular formula is C31H39N5O2. The van der Waals surface area contributed by atoms with Crippen molar-refractivity contribution in [3.8, 4) is 0 Å². The first-order valence-electron chi connectivity index (χ1n) is 13.8. The summed E-state index contributed by atoms with van der Waals surface area (Å²) in [7, 11) is 1.70. The summed E-state index contributed by atoms with van der Waals surface area (Å²) in [6.45, 7) is 4.36. The summed E-state index contributed by atoms with van der Waals surface area (Å²) in [6, 6.07) is 19.1. The third kappa shape index (κ3) is 5.96. The number of methoxy groups -OCH3 is 1. The van der Waals surface area contributed by atoms with Crippen molar-refractivity contribution >= 4 is 34.7 Å². The Morgan fingerprint density at radius 2 is 1.84 bits per heavy atom. The molecule has 0 radical (unpaired) electrons. The molecule has 38 heavy (non-hydrogen) atoms. The predicted molar refractivity (Wildman–Crippen MR) is 157 cm³/mol. The van der Waals surface area contributed by atoms with Crippen LogP contribution in [0.15, 0.2) is 81.7 Å². The van der Waals surface area contributed by atoms with Crippen molar-refractivity contribution in [3.05, 3.63) is 66.7 Å². The lowest BCUT2D eigenvalue weighted by atomic mass is 9.92. The second-order valence-electron chi connectivity index (χ2n) is 10.5. The van der Waals surface area contributed by atoms with Crippen LogP contribution in [0.1, 0.15) is 46.0 Å². The van der Waals surface area contributed by atoms with Gasteiger partial charge in [0.25, 0.3) is 0 Å². The van der Waals surface area contributed by atoms with E-state index in [9.17, 15) is 5.11 Å². The van der Waals surface area contributed by atoms with Crippen molar-refractivity contribution in [2.24, 2.45) is 15.0 Å². The quantitative estimate of drug-likeness (QED) is 0.464. The number of ether oxygens (including phenoxy) is 1. The number of benzene rings is 2. The van der Waals surface area contributed by atoms with Gasteiger partial charge in [0.2, 0.25) is 0 Å². The van der Waals surface area contributed by atoms with Crippen LogP contribution in [0.3, 0.4) is 0 Å². The summed E-state index contributed by atoms with van der Waals surface area (Å²) in [5.41, 5.74) is 5.42. The molecule has 7 nitrogen and oxygen atoms in total. The van der Waals surface area contributed by atoms with E-state index in [0.717, 1.165) is 54.2 Å². The van der Waals surface area contributed by atoms with Crippen LogP contribution < -0.4 is 10.2 Å². The molecule has 1 aliphatic carbocycles. The van der Waals surface area contributed by atoms with E-state index in [0.29, 0.717) is 6.42 Å². The fraction of sp³-hybridized carbons (Fsp3) is 0.452. The zero-order chi connectivity index (χ0) is 26.5. The maximum atomic E-state index is 9.97. The van der Waals surface area contributed by atoms with Crippen LogP contribution >= 0.6 is 0 Å². The van der Waals surface area contributed by atoms with Gasteiger partial charge in [-0.2, -0.15) is 0 Å². The second-order valence-corrected chi connectivity index (χ2v) is 10.5. The number of fused-ring (bicyclic) bond motifs is 1. The van der Waals surface area contributed by atoms with Gasteiger partial charge >= 0.3 is 0 Å². The minimum Gasteiger partial charge on any atom is -0.393 e. The number of aliphatic hydroxyl groups is 1. The molecule has 3 aliphatic rings. The van der Waals surface area contributed by atoms with E-state index in [-0.39, 0.29) is 36.5 Å². The van der Waals surface area contributed by atoms with E-state index >= 15 is 0 Å². The SMILES string of the molecule is COC1N=CC=CC1NC(CC1=Nc2ccccc2N(c2ccccc2)C1C)C(C)=NC1CCC(O)CC1. The van der Waals surface area contributed by atoms with E-state index in [1.807, 2.05) is 12.1 Å². The molecule has 0 aromatic heterocycles. The Kier molecular flexibility index (Phi) is 8.47. The first-order valence-corrected chi connectivity index (χ1v) is 13.8. The summed E-state index contributed by atoms with van der Waals surface area (Å²) in [5.74, 6) is 0. The number of para-hydroxylation sites is 3. The highest BCUT2D eigenvalue weighted by molar-refractivity contribution is 6.03. The van der Waals surface area contributed by atoms with Gasteiger partial charge in [0.15, 0.2) is 6.23 Å². The van der Waals surface area contributed by atoms with E-state index in [1.165, 1.54) is 0 Å². The van der Waals surface area contributed by atoms with E-state index in [2.05, 4.69) is 83.7 Å². The predicted octanol–water partition coefficient (Wildman–Crippen LogP) is 5.39. The maximum absolute atomic E-state index is 9.97. The molecule has 5 rings (SSSR count). The van der Waals surface area contributed by atoms with Crippen molar-refractivity contribution in [1.82, 2.24) is 5.32 Å². The Balaban J connectivity index is 1.46. The summed E-state index contributed by atoms with van der Waals surface area (Å²) in [5, 5.41) is 13.8. The van der Waals surface area contributed by atoms with Crippen molar-refractivity contribution in [3.63, 3.8) is 0 Å². The average molecular weight is 514 g/mol. The minimum atomic E-state index is -0.285. The molecule has 1 fully saturated rings. The van der Waals surface area contributed by atoms with Crippen LogP contribution in [0.5, 0.6) is 0 Å². The van der Waals surface area contributed by atoms with Crippen LogP contribution in [-0.4, -0.2) is 66.4 Å². The van der Waals surface area contributed by atoms with Gasteiger partial charge in [-0.15, -0.1) is 0 Å². The summed E-state index contributed by atoms with van der Waals surface area (Å²) < 4.78 is 5.66. The molecule has 2 aromatic rings. The molecule has 2 heterocycles. The Morgan fingerprint density at radius 3 is 2.61 bits per heavy atom. The van der Waals surface area contributed by atoms with Gasteiger partial charge in [-0.3, -0.25) is 20.3 Å². The first kappa shape index (κ1) is 26.5. The number of hydrogen-bond donors (Lipinski definition) is 2. The van der Waals surface area contributed by atoms with Crippen molar-refractivity contribution in [2.45, 2.75) is 82.5 Å². The van der Waals surface area contributed by atoms with Gasteiger partial charge in [-0.1, -0.05) is 36.4 Å². The topological polar surface area (TPSA) is 81.8 Å². The Bertz CT molecular complexity index is 1200. The smallest absolute Gasteiger partial charge is 0.166 e. The lowest BCUT2D eigenvalue weighted by Crippen LogP contribution is -2.51. The molecule has 0 bridgehead atoms. The fourth-order valence-electron chi connectivity index (χ4n) is 5.71. The molecule has 1 saturated carbocycles. The molecule has 2 N–H and O–H groups in total. The molecule has 2 aromatic carbocycles. The van der Waals surface area contributed by atoms with Crippen LogP contribution in [0, 0.1) is 0 Å². The van der Waals surface area contributed by atoms with Crippen LogP contribution in [-0.2, 0) is 4.74 Å². The van der Waals surface area contributed by atoms with Gasteiger partial charge in [0, 0.05) is 36.9 Å². The van der Waals surface area contributed by atoms with Crippen molar-refractivity contribution in [2.75, 3.05) is 12.0 Å². The number of rotatable bonds is 8. The second kappa shape index (κ2) is 12.2. The van der Waals surface area contributed by atoms with Gasteiger partial charge in [0.05, 0.1) is 41.6 Å². The number of nitrogens with zero attached hydrogens (tertiary/aromatic N) is 4. The van der Waals surface area contributed by atoms with Crippen molar-refractivity contribution < 1.29 is 9.84 Å². The Hall–Kier alpha value is -3.13. The zero-order valence-electron chi connectivity index (χ0n) is 22.6. The molecule has 0 saturated heterocycles.